The molecule has 0 aliphatic carbocycles. The van der Waals surface area contributed by atoms with Gasteiger partial charge in [-0.25, -0.2) is 0 Å². The molecule has 0 radical (unpaired) electrons. The molecule has 1 aromatic carbocycles. The van der Waals surface area contributed by atoms with E-state index in [9.17, 15) is 4.79 Å². The van der Waals surface area contributed by atoms with Crippen molar-refractivity contribution in [2.75, 3.05) is 27.7 Å². The summed E-state index contributed by atoms with van der Waals surface area (Å²) in [7, 11) is 5.57. The number of benzene rings is 1. The lowest BCUT2D eigenvalue weighted by molar-refractivity contribution is -0.118. The van der Waals surface area contributed by atoms with Gasteiger partial charge < -0.3 is 9.64 Å². The number of nitrogens with zero attached hydrogens (tertiary/aromatic N) is 1. The van der Waals surface area contributed by atoms with Crippen LogP contribution in [0.3, 0.4) is 0 Å². The molecule has 3 heteroatoms. The molecule has 18 heavy (non-hydrogen) atoms. The van der Waals surface area contributed by atoms with E-state index in [1.165, 1.54) is 0 Å². The zero-order valence-corrected chi connectivity index (χ0v) is 11.5. The molecule has 0 spiro atoms. The first-order valence-electron chi connectivity index (χ1n) is 6.03. The zero-order valence-electron chi connectivity index (χ0n) is 11.5. The number of hydrogen-bond acceptors (Lipinski definition) is 3. The first-order valence-corrected chi connectivity index (χ1v) is 6.03. The summed E-state index contributed by atoms with van der Waals surface area (Å²) in [6.07, 6.45) is 3.47. The highest BCUT2D eigenvalue weighted by atomic mass is 16.5. The summed E-state index contributed by atoms with van der Waals surface area (Å²) in [5.41, 5.74) is 0.972. The summed E-state index contributed by atoms with van der Waals surface area (Å²) in [5.74, 6) is 0.958. The smallest absolute Gasteiger partial charge is 0.159 e. The Kier molecular flexibility index (Phi) is 5.59. The van der Waals surface area contributed by atoms with Gasteiger partial charge in [0, 0.05) is 12.5 Å². The Hall–Kier alpha value is -1.61. The lowest BCUT2D eigenvalue weighted by Gasteiger charge is -2.13. The van der Waals surface area contributed by atoms with E-state index in [0.29, 0.717) is 0 Å². The molecule has 0 heterocycles. The molecule has 1 atom stereocenters. The van der Waals surface area contributed by atoms with E-state index < -0.39 is 0 Å². The predicted octanol–water partition coefficient (Wildman–Crippen LogP) is 2.48. The van der Waals surface area contributed by atoms with Gasteiger partial charge in [0.2, 0.25) is 0 Å². The minimum atomic E-state index is 0.0156. The average Bonchev–Trinajstić information content (AvgIpc) is 2.35. The van der Waals surface area contributed by atoms with Crippen molar-refractivity contribution in [2.24, 2.45) is 5.92 Å². The van der Waals surface area contributed by atoms with E-state index in [2.05, 4.69) is 0 Å². The van der Waals surface area contributed by atoms with E-state index in [0.717, 1.165) is 17.9 Å². The van der Waals surface area contributed by atoms with E-state index in [1.54, 1.807) is 13.2 Å². The van der Waals surface area contributed by atoms with Crippen molar-refractivity contribution in [1.82, 2.24) is 4.90 Å². The minimum Gasteiger partial charge on any atom is -0.497 e. The molecule has 0 aromatic heterocycles. The number of carbonyl (C=O) groups is 1. The van der Waals surface area contributed by atoms with Crippen molar-refractivity contribution in [2.45, 2.75) is 6.92 Å². The largest absolute Gasteiger partial charge is 0.497 e. The van der Waals surface area contributed by atoms with Crippen LogP contribution in [0.5, 0.6) is 5.75 Å². The van der Waals surface area contributed by atoms with Crippen LogP contribution in [0.2, 0.25) is 0 Å². The Bertz CT molecular complexity index is 424. The molecule has 1 unspecified atom stereocenters. The Labute approximate surface area is 109 Å². The molecular weight excluding hydrogens is 226 g/mol. The van der Waals surface area contributed by atoms with E-state index >= 15 is 0 Å². The molecule has 0 fully saturated rings. The number of methoxy groups -OCH3 is 1. The Morgan fingerprint density at radius 1 is 1.44 bits per heavy atom. The summed E-state index contributed by atoms with van der Waals surface area (Å²) in [6, 6.07) is 7.64. The number of carbonyl (C=O) groups excluding carboxylic acids is 1. The highest BCUT2D eigenvalue weighted by Gasteiger charge is 2.10. The second-order valence-corrected chi connectivity index (χ2v) is 4.68. The van der Waals surface area contributed by atoms with E-state index in [1.807, 2.05) is 56.3 Å². The first kappa shape index (κ1) is 14.5. The molecule has 0 aliphatic rings. The molecule has 0 bridgehead atoms. The van der Waals surface area contributed by atoms with Crippen LogP contribution in [0.4, 0.5) is 0 Å². The fraction of sp³-hybridized carbons (Fsp3) is 0.400. The third-order valence-corrected chi connectivity index (χ3v) is 2.66. The quantitative estimate of drug-likeness (QED) is 0.723. The van der Waals surface area contributed by atoms with Crippen LogP contribution < -0.4 is 4.74 Å². The van der Waals surface area contributed by atoms with Gasteiger partial charge in [0.1, 0.15) is 5.75 Å². The maximum atomic E-state index is 11.9. The van der Waals surface area contributed by atoms with Crippen LogP contribution in [-0.4, -0.2) is 38.4 Å². The summed E-state index contributed by atoms with van der Waals surface area (Å²) in [5, 5.41) is 0. The molecule has 0 amide bonds. The number of ketones is 1. The van der Waals surface area contributed by atoms with Gasteiger partial charge in [0.05, 0.1) is 7.11 Å². The van der Waals surface area contributed by atoms with Gasteiger partial charge in [-0.1, -0.05) is 25.1 Å². The summed E-state index contributed by atoms with van der Waals surface area (Å²) in [6.45, 7) is 2.71. The molecule has 1 aromatic rings. The van der Waals surface area contributed by atoms with Crippen molar-refractivity contribution in [3.05, 3.63) is 35.9 Å². The van der Waals surface area contributed by atoms with Gasteiger partial charge in [-0.2, -0.15) is 0 Å². The van der Waals surface area contributed by atoms with Gasteiger partial charge >= 0.3 is 0 Å². The van der Waals surface area contributed by atoms with Crippen molar-refractivity contribution in [1.29, 1.82) is 0 Å². The molecule has 98 valence electrons. The average molecular weight is 247 g/mol. The van der Waals surface area contributed by atoms with Crippen molar-refractivity contribution >= 4 is 11.9 Å². The lowest BCUT2D eigenvalue weighted by Crippen LogP contribution is -2.24. The first-order chi connectivity index (χ1) is 8.52. The Morgan fingerprint density at radius 2 is 2.17 bits per heavy atom. The zero-order chi connectivity index (χ0) is 13.5. The van der Waals surface area contributed by atoms with Crippen LogP contribution in [0.15, 0.2) is 30.3 Å². The van der Waals surface area contributed by atoms with Gasteiger partial charge in [0.25, 0.3) is 0 Å². The van der Waals surface area contributed by atoms with Gasteiger partial charge in [-0.3, -0.25) is 4.79 Å². The predicted molar refractivity (Wildman–Crippen MR) is 74.8 cm³/mol. The molecule has 0 saturated carbocycles. The van der Waals surface area contributed by atoms with Crippen LogP contribution >= 0.6 is 0 Å². The van der Waals surface area contributed by atoms with Crippen molar-refractivity contribution in [3.63, 3.8) is 0 Å². The number of hydrogen-bond donors (Lipinski definition) is 0. The fourth-order valence-corrected chi connectivity index (χ4v) is 1.73. The third kappa shape index (κ3) is 4.72. The highest BCUT2D eigenvalue weighted by Crippen LogP contribution is 2.14. The number of allylic oxidation sites excluding steroid dienone is 1. The fourth-order valence-electron chi connectivity index (χ4n) is 1.73. The minimum absolute atomic E-state index is 0.0156. The SMILES string of the molecule is COc1cccc(/C=C/C(=O)C(C)CN(C)C)c1. The molecular formula is C15H21NO2. The second kappa shape index (κ2) is 6.97. The highest BCUT2D eigenvalue weighted by molar-refractivity contribution is 5.95. The van der Waals surface area contributed by atoms with Crippen LogP contribution in [0.1, 0.15) is 12.5 Å². The molecule has 0 aliphatic heterocycles. The summed E-state index contributed by atoms with van der Waals surface area (Å²) >= 11 is 0. The second-order valence-electron chi connectivity index (χ2n) is 4.68. The van der Waals surface area contributed by atoms with Gasteiger partial charge in [-0.05, 0) is 37.9 Å². The molecule has 0 N–H and O–H groups in total. The Balaban J connectivity index is 2.65. The molecule has 3 nitrogen and oxygen atoms in total. The van der Waals surface area contributed by atoms with Crippen LogP contribution in [-0.2, 0) is 4.79 Å². The summed E-state index contributed by atoms with van der Waals surface area (Å²) < 4.78 is 5.14. The monoisotopic (exact) mass is 247 g/mol. The lowest BCUT2D eigenvalue weighted by atomic mass is 10.0. The van der Waals surface area contributed by atoms with Crippen molar-refractivity contribution in [3.8, 4) is 5.75 Å². The topological polar surface area (TPSA) is 29.5 Å². The van der Waals surface area contributed by atoms with Gasteiger partial charge in [-0.15, -0.1) is 0 Å². The molecule has 0 saturated heterocycles. The Morgan fingerprint density at radius 3 is 2.78 bits per heavy atom. The van der Waals surface area contributed by atoms with Gasteiger partial charge in [0.15, 0.2) is 5.78 Å². The number of rotatable bonds is 6. The molecule has 1 rings (SSSR count). The maximum Gasteiger partial charge on any atom is 0.159 e. The maximum absolute atomic E-state index is 11.9. The van der Waals surface area contributed by atoms with Crippen molar-refractivity contribution < 1.29 is 9.53 Å². The van der Waals surface area contributed by atoms with Crippen LogP contribution in [0.25, 0.3) is 6.08 Å². The normalized spacial score (nSPS) is 12.9. The standard InChI is InChI=1S/C15H21NO2/c1-12(11-16(2)3)15(17)9-8-13-6-5-7-14(10-13)18-4/h5-10,12H,11H2,1-4H3/b9-8+. The summed E-state index contributed by atoms with van der Waals surface area (Å²) in [4.78, 5) is 13.9. The van der Waals surface area contributed by atoms with E-state index in [-0.39, 0.29) is 11.7 Å². The third-order valence-electron chi connectivity index (χ3n) is 2.66. The van der Waals surface area contributed by atoms with E-state index in [4.69, 9.17) is 4.74 Å². The number of ether oxygens (including phenoxy) is 1. The van der Waals surface area contributed by atoms with Crippen LogP contribution in [0, 0.1) is 5.92 Å².